The van der Waals surface area contributed by atoms with E-state index in [1.807, 2.05) is 0 Å². The molecule has 4 aromatic rings. The van der Waals surface area contributed by atoms with Crippen molar-refractivity contribution >= 4 is 23.4 Å². The lowest BCUT2D eigenvalue weighted by Gasteiger charge is -2.14. The molecule has 1 atom stereocenters. The van der Waals surface area contributed by atoms with Gasteiger partial charge in [0.15, 0.2) is 11.6 Å². The summed E-state index contributed by atoms with van der Waals surface area (Å²) >= 11 is 0. The van der Waals surface area contributed by atoms with E-state index in [0.717, 1.165) is 6.07 Å². The molecule has 5 rings (SSSR count). The van der Waals surface area contributed by atoms with E-state index >= 15 is 0 Å². The van der Waals surface area contributed by atoms with Crippen LogP contribution in [-0.2, 0) is 23.2 Å². The third kappa shape index (κ3) is 5.66. The normalized spacial score (nSPS) is 15.1. The first kappa shape index (κ1) is 27.2. The van der Waals surface area contributed by atoms with Gasteiger partial charge in [-0.1, -0.05) is 17.3 Å². The molecule has 14 heteroatoms. The molecule has 1 aromatic carbocycles. The van der Waals surface area contributed by atoms with Gasteiger partial charge in [0.1, 0.15) is 11.2 Å². The number of amides is 1. The SMILES string of the molecule is Cc1nn(C[C@H](C)O)cc1Nc1ncc(-c2ccc(CC(=O)Nc3cc(C4(C(F)(F)F)CC4)on3)c(F)c2)cn1. The van der Waals surface area contributed by atoms with E-state index in [1.165, 1.54) is 24.5 Å². The van der Waals surface area contributed by atoms with Crippen LogP contribution in [0.15, 0.2) is 47.4 Å². The Kier molecular flexibility index (Phi) is 7.04. The van der Waals surface area contributed by atoms with E-state index in [1.54, 1.807) is 30.8 Å². The van der Waals surface area contributed by atoms with Crippen LogP contribution in [0.1, 0.15) is 36.8 Å². The van der Waals surface area contributed by atoms with Gasteiger partial charge in [-0.05, 0) is 43.9 Å². The molecule has 3 N–H and O–H groups in total. The molecule has 1 fully saturated rings. The molecular weight excluding hydrogens is 534 g/mol. The number of anilines is 3. The van der Waals surface area contributed by atoms with E-state index in [0.29, 0.717) is 35.0 Å². The Morgan fingerprint density at radius 3 is 2.55 bits per heavy atom. The molecular formula is C26H25F4N7O3. The summed E-state index contributed by atoms with van der Waals surface area (Å²) < 4.78 is 61.0. The first-order valence-electron chi connectivity index (χ1n) is 12.4. The predicted molar refractivity (Wildman–Crippen MR) is 135 cm³/mol. The summed E-state index contributed by atoms with van der Waals surface area (Å²) in [5.74, 6) is -1.52. The fourth-order valence-corrected chi connectivity index (χ4v) is 4.25. The summed E-state index contributed by atoms with van der Waals surface area (Å²) in [6, 6.07) is 5.34. The van der Waals surface area contributed by atoms with Crippen LogP contribution >= 0.6 is 0 Å². The minimum Gasteiger partial charge on any atom is -0.391 e. The van der Waals surface area contributed by atoms with E-state index in [2.05, 4.69) is 30.9 Å². The average molecular weight is 560 g/mol. The van der Waals surface area contributed by atoms with Crippen molar-refractivity contribution in [2.45, 2.75) is 57.3 Å². The molecule has 0 spiro atoms. The molecule has 0 radical (unpaired) electrons. The Bertz CT molecular complexity index is 1530. The number of nitrogens with one attached hydrogen (secondary N) is 2. The summed E-state index contributed by atoms with van der Waals surface area (Å²) in [7, 11) is 0. The number of aliphatic hydroxyl groups is 1. The molecule has 3 heterocycles. The minimum atomic E-state index is -4.47. The molecule has 1 aliphatic rings. The molecule has 0 bridgehead atoms. The lowest BCUT2D eigenvalue weighted by molar-refractivity contribution is -0.165. The highest BCUT2D eigenvalue weighted by Gasteiger charge is 2.66. The second-order valence-electron chi connectivity index (χ2n) is 9.81. The Morgan fingerprint density at radius 2 is 1.93 bits per heavy atom. The fraction of sp³-hybridized carbons (Fsp3) is 0.346. The third-order valence-electron chi connectivity index (χ3n) is 6.58. The fourth-order valence-electron chi connectivity index (χ4n) is 4.25. The number of benzene rings is 1. The number of aryl methyl sites for hydroxylation is 1. The molecule has 3 aromatic heterocycles. The van der Waals surface area contributed by atoms with Gasteiger partial charge >= 0.3 is 6.18 Å². The van der Waals surface area contributed by atoms with Crippen LogP contribution in [-0.4, -0.2) is 48.2 Å². The summed E-state index contributed by atoms with van der Waals surface area (Å²) in [4.78, 5) is 20.9. The molecule has 0 saturated heterocycles. The zero-order valence-corrected chi connectivity index (χ0v) is 21.5. The van der Waals surface area contributed by atoms with Crippen molar-refractivity contribution < 1.29 is 32.0 Å². The van der Waals surface area contributed by atoms with Crippen LogP contribution in [0.4, 0.5) is 35.0 Å². The van der Waals surface area contributed by atoms with Crippen LogP contribution < -0.4 is 10.6 Å². The number of carbonyl (C=O) groups excluding carboxylic acids is 1. The van der Waals surface area contributed by atoms with Crippen LogP contribution in [0.25, 0.3) is 11.1 Å². The van der Waals surface area contributed by atoms with E-state index in [9.17, 15) is 27.5 Å². The molecule has 1 aliphatic carbocycles. The largest absolute Gasteiger partial charge is 0.401 e. The van der Waals surface area contributed by atoms with Crippen LogP contribution in [0, 0.1) is 12.7 Å². The molecule has 10 nitrogen and oxygen atoms in total. The van der Waals surface area contributed by atoms with Crippen molar-refractivity contribution in [3.63, 3.8) is 0 Å². The van der Waals surface area contributed by atoms with Crippen molar-refractivity contribution in [2.75, 3.05) is 10.6 Å². The van der Waals surface area contributed by atoms with Gasteiger partial charge in [0, 0.05) is 30.2 Å². The number of rotatable bonds is 9. The maximum absolute atomic E-state index is 14.8. The van der Waals surface area contributed by atoms with Gasteiger partial charge in [-0.25, -0.2) is 14.4 Å². The minimum absolute atomic E-state index is 0.0859. The lowest BCUT2D eigenvalue weighted by atomic mass is 10.0. The summed E-state index contributed by atoms with van der Waals surface area (Å²) in [6.45, 7) is 3.81. The van der Waals surface area contributed by atoms with Crippen molar-refractivity contribution in [1.82, 2.24) is 24.9 Å². The lowest BCUT2D eigenvalue weighted by Crippen LogP contribution is -2.28. The Balaban J connectivity index is 1.20. The number of carbonyl (C=O) groups is 1. The Morgan fingerprint density at radius 1 is 1.20 bits per heavy atom. The highest BCUT2D eigenvalue weighted by atomic mass is 19.4. The highest BCUT2D eigenvalue weighted by Crippen LogP contribution is 2.59. The molecule has 40 heavy (non-hydrogen) atoms. The Labute approximate surface area is 225 Å². The number of aromatic nitrogens is 5. The molecule has 1 amide bonds. The summed E-state index contributed by atoms with van der Waals surface area (Å²) in [5.41, 5.74) is 0.434. The van der Waals surface area contributed by atoms with Gasteiger partial charge < -0.3 is 20.3 Å². The number of nitrogens with zero attached hydrogens (tertiary/aromatic N) is 5. The van der Waals surface area contributed by atoms with Crippen molar-refractivity contribution in [3.8, 4) is 11.1 Å². The zero-order chi connectivity index (χ0) is 28.7. The number of hydrogen-bond donors (Lipinski definition) is 3. The zero-order valence-electron chi connectivity index (χ0n) is 21.5. The standard InChI is InChI=1S/C26H25F4N7O3/c1-14(38)12-37-13-20(15(2)35-37)33-24-31-10-18(11-32-24)16-3-4-17(19(27)7-16)8-23(39)34-22-9-21(40-36-22)25(5-6-25)26(28,29)30/h3-4,7,9-11,13-14,38H,5-6,8,12H2,1-2H3,(H,31,32,33)(H,34,36,39)/t14-/m0/s1. The number of halogens is 4. The van der Waals surface area contributed by atoms with Crippen LogP contribution in [0.2, 0.25) is 0 Å². The second-order valence-corrected chi connectivity index (χ2v) is 9.81. The maximum Gasteiger partial charge on any atom is 0.401 e. The maximum atomic E-state index is 14.8. The van der Waals surface area contributed by atoms with Gasteiger partial charge in [-0.3, -0.25) is 9.48 Å². The second kappa shape index (κ2) is 10.3. The van der Waals surface area contributed by atoms with Gasteiger partial charge in [0.25, 0.3) is 0 Å². The highest BCUT2D eigenvalue weighted by molar-refractivity contribution is 5.91. The van der Waals surface area contributed by atoms with E-state index in [4.69, 9.17) is 4.52 Å². The van der Waals surface area contributed by atoms with Gasteiger partial charge in [-0.2, -0.15) is 18.3 Å². The number of hydrogen-bond acceptors (Lipinski definition) is 8. The van der Waals surface area contributed by atoms with Crippen molar-refractivity contribution in [1.29, 1.82) is 0 Å². The van der Waals surface area contributed by atoms with E-state index < -0.39 is 29.4 Å². The van der Waals surface area contributed by atoms with Crippen LogP contribution in [0.3, 0.4) is 0 Å². The number of aliphatic hydroxyl groups excluding tert-OH is 1. The first-order valence-corrected chi connectivity index (χ1v) is 12.4. The average Bonchev–Trinajstić information content (AvgIpc) is 3.47. The third-order valence-corrected chi connectivity index (χ3v) is 6.58. The van der Waals surface area contributed by atoms with Gasteiger partial charge in [0.05, 0.1) is 30.5 Å². The van der Waals surface area contributed by atoms with E-state index in [-0.39, 0.29) is 36.4 Å². The van der Waals surface area contributed by atoms with Crippen molar-refractivity contribution in [2.24, 2.45) is 0 Å². The molecule has 210 valence electrons. The Hall–Kier alpha value is -4.33. The summed E-state index contributed by atoms with van der Waals surface area (Å²) in [6.07, 6.45) is -0.814. The molecule has 0 unspecified atom stereocenters. The smallest absolute Gasteiger partial charge is 0.391 e. The molecule has 0 aliphatic heterocycles. The summed E-state index contributed by atoms with van der Waals surface area (Å²) in [5, 5.41) is 22.8. The van der Waals surface area contributed by atoms with Gasteiger partial charge in [-0.15, -0.1) is 0 Å². The van der Waals surface area contributed by atoms with Crippen LogP contribution in [0.5, 0.6) is 0 Å². The number of alkyl halides is 3. The van der Waals surface area contributed by atoms with Gasteiger partial charge in [0.2, 0.25) is 11.9 Å². The molecule has 1 saturated carbocycles. The monoisotopic (exact) mass is 559 g/mol. The first-order chi connectivity index (χ1) is 18.9. The predicted octanol–water partition coefficient (Wildman–Crippen LogP) is 4.68. The van der Waals surface area contributed by atoms with Crippen molar-refractivity contribution in [3.05, 3.63) is 65.7 Å². The quantitative estimate of drug-likeness (QED) is 0.252. The topological polar surface area (TPSA) is 131 Å².